The Kier molecular flexibility index (Phi) is 7.51. The van der Waals surface area contributed by atoms with Gasteiger partial charge in [0.2, 0.25) is 0 Å². The lowest BCUT2D eigenvalue weighted by molar-refractivity contribution is -0.132. The first-order valence-corrected chi connectivity index (χ1v) is 13.1. The van der Waals surface area contributed by atoms with E-state index >= 15 is 0 Å². The fraction of sp³-hybridized carbons (Fsp3) is 0.303. The van der Waals surface area contributed by atoms with Gasteiger partial charge in [-0.2, -0.15) is 0 Å². The third-order valence-electron chi connectivity index (χ3n) is 6.88. The van der Waals surface area contributed by atoms with Crippen molar-refractivity contribution < 1.29 is 24.2 Å². The number of aliphatic hydroxyl groups excluding tert-OH is 1. The van der Waals surface area contributed by atoms with Crippen LogP contribution in [0.15, 0.2) is 72.3 Å². The van der Waals surface area contributed by atoms with Crippen LogP contribution in [0.3, 0.4) is 0 Å². The van der Waals surface area contributed by atoms with Crippen LogP contribution in [-0.4, -0.2) is 28.9 Å². The highest BCUT2D eigenvalue weighted by Gasteiger charge is 2.47. The van der Waals surface area contributed by atoms with Crippen molar-refractivity contribution in [3.8, 4) is 0 Å². The molecule has 1 fully saturated rings. The summed E-state index contributed by atoms with van der Waals surface area (Å²) in [6.07, 6.45) is -0.267. The van der Waals surface area contributed by atoms with E-state index in [0.29, 0.717) is 22.4 Å². The summed E-state index contributed by atoms with van der Waals surface area (Å²) in [5.74, 6) is -2.18. The second-order valence-electron chi connectivity index (χ2n) is 11.4. The van der Waals surface area contributed by atoms with Gasteiger partial charge in [0.15, 0.2) is 0 Å². The SMILES string of the molecule is Cc1cccc(C2/C(=C(\O)c3cc(C(C)(C)C)ccc3C)C(=O)C(=O)N2c2ccc(C(=O)OC(C)C)cc2)c1. The molecular weight excluding hydrogens is 490 g/mol. The van der Waals surface area contributed by atoms with Crippen LogP contribution in [0.25, 0.3) is 5.76 Å². The lowest BCUT2D eigenvalue weighted by Gasteiger charge is -2.26. The Balaban J connectivity index is 1.90. The molecule has 202 valence electrons. The van der Waals surface area contributed by atoms with Gasteiger partial charge in [-0.15, -0.1) is 0 Å². The van der Waals surface area contributed by atoms with Gasteiger partial charge in [-0.05, 0) is 80.1 Å². The zero-order valence-electron chi connectivity index (χ0n) is 23.5. The zero-order chi connectivity index (χ0) is 28.6. The van der Waals surface area contributed by atoms with Crippen LogP contribution in [0.4, 0.5) is 5.69 Å². The highest BCUT2D eigenvalue weighted by molar-refractivity contribution is 6.51. The molecule has 6 nitrogen and oxygen atoms in total. The minimum atomic E-state index is -0.851. The molecule has 0 aromatic heterocycles. The molecule has 39 heavy (non-hydrogen) atoms. The van der Waals surface area contributed by atoms with Crippen molar-refractivity contribution >= 4 is 29.1 Å². The van der Waals surface area contributed by atoms with Crippen molar-refractivity contribution in [1.29, 1.82) is 0 Å². The predicted molar refractivity (Wildman–Crippen MR) is 153 cm³/mol. The third kappa shape index (κ3) is 5.51. The van der Waals surface area contributed by atoms with Gasteiger partial charge in [-0.25, -0.2) is 4.79 Å². The van der Waals surface area contributed by atoms with E-state index in [2.05, 4.69) is 20.8 Å². The van der Waals surface area contributed by atoms with Gasteiger partial charge >= 0.3 is 5.97 Å². The average Bonchev–Trinajstić information content (AvgIpc) is 3.13. The molecule has 0 bridgehead atoms. The number of carbonyl (C=O) groups is 3. The number of aliphatic hydroxyl groups is 1. The van der Waals surface area contributed by atoms with Gasteiger partial charge in [0.1, 0.15) is 5.76 Å². The molecule has 1 heterocycles. The Bertz CT molecular complexity index is 1470. The van der Waals surface area contributed by atoms with Crippen molar-refractivity contribution in [2.24, 2.45) is 0 Å². The van der Waals surface area contributed by atoms with Gasteiger partial charge < -0.3 is 9.84 Å². The van der Waals surface area contributed by atoms with Crippen LogP contribution in [0.5, 0.6) is 0 Å². The van der Waals surface area contributed by atoms with Crippen LogP contribution in [0.2, 0.25) is 0 Å². The molecule has 1 unspecified atom stereocenters. The quantitative estimate of drug-likeness (QED) is 0.172. The summed E-state index contributed by atoms with van der Waals surface area (Å²) in [6.45, 7) is 13.6. The number of anilines is 1. The maximum atomic E-state index is 13.6. The third-order valence-corrected chi connectivity index (χ3v) is 6.88. The maximum absolute atomic E-state index is 13.6. The van der Waals surface area contributed by atoms with E-state index in [1.807, 2.05) is 56.3 Å². The summed E-state index contributed by atoms with van der Waals surface area (Å²) in [5, 5.41) is 11.7. The van der Waals surface area contributed by atoms with E-state index < -0.39 is 23.7 Å². The molecule has 1 aliphatic heterocycles. The molecule has 1 aliphatic rings. The molecule has 4 rings (SSSR count). The van der Waals surface area contributed by atoms with Gasteiger partial charge in [-0.3, -0.25) is 14.5 Å². The number of nitrogens with zero attached hydrogens (tertiary/aromatic N) is 1. The minimum absolute atomic E-state index is 0.0306. The van der Waals surface area contributed by atoms with Crippen LogP contribution in [0, 0.1) is 13.8 Å². The summed E-state index contributed by atoms with van der Waals surface area (Å²) in [6, 6.07) is 18.9. The van der Waals surface area contributed by atoms with Crippen molar-refractivity contribution in [1.82, 2.24) is 0 Å². The fourth-order valence-electron chi connectivity index (χ4n) is 4.78. The number of carbonyl (C=O) groups excluding carboxylic acids is 3. The molecule has 1 atom stereocenters. The fourth-order valence-corrected chi connectivity index (χ4v) is 4.78. The largest absolute Gasteiger partial charge is 0.507 e. The smallest absolute Gasteiger partial charge is 0.338 e. The maximum Gasteiger partial charge on any atom is 0.338 e. The van der Waals surface area contributed by atoms with Crippen molar-refractivity contribution in [2.75, 3.05) is 4.90 Å². The van der Waals surface area contributed by atoms with Crippen LogP contribution in [0.1, 0.15) is 78.8 Å². The first kappa shape index (κ1) is 27.8. The molecule has 3 aromatic rings. The number of rotatable bonds is 5. The Morgan fingerprint density at radius 3 is 2.21 bits per heavy atom. The number of hydrogen-bond donors (Lipinski definition) is 1. The topological polar surface area (TPSA) is 83.9 Å². The van der Waals surface area contributed by atoms with Gasteiger partial charge in [0.25, 0.3) is 11.7 Å². The summed E-state index contributed by atoms with van der Waals surface area (Å²) in [7, 11) is 0. The van der Waals surface area contributed by atoms with Crippen molar-refractivity contribution in [2.45, 2.75) is 66.0 Å². The van der Waals surface area contributed by atoms with E-state index in [-0.39, 0.29) is 22.9 Å². The van der Waals surface area contributed by atoms with E-state index in [0.717, 1.165) is 16.7 Å². The summed E-state index contributed by atoms with van der Waals surface area (Å²) >= 11 is 0. The molecule has 1 N–H and O–H groups in total. The van der Waals surface area contributed by atoms with Crippen molar-refractivity contribution in [3.63, 3.8) is 0 Å². The highest BCUT2D eigenvalue weighted by Crippen LogP contribution is 2.43. The second kappa shape index (κ2) is 10.5. The average molecular weight is 526 g/mol. The van der Waals surface area contributed by atoms with Gasteiger partial charge in [0, 0.05) is 11.3 Å². The zero-order valence-corrected chi connectivity index (χ0v) is 23.5. The number of benzene rings is 3. The number of amides is 1. The molecule has 1 amide bonds. The Morgan fingerprint density at radius 2 is 1.62 bits per heavy atom. The monoisotopic (exact) mass is 525 g/mol. The Morgan fingerprint density at radius 1 is 0.949 bits per heavy atom. The van der Waals surface area contributed by atoms with Crippen LogP contribution < -0.4 is 4.90 Å². The minimum Gasteiger partial charge on any atom is -0.507 e. The number of aryl methyl sites for hydroxylation is 2. The first-order chi connectivity index (χ1) is 18.3. The number of esters is 1. The van der Waals surface area contributed by atoms with E-state index in [4.69, 9.17) is 4.74 Å². The summed E-state index contributed by atoms with van der Waals surface area (Å²) in [4.78, 5) is 40.9. The number of hydrogen-bond acceptors (Lipinski definition) is 5. The lowest BCUT2D eigenvalue weighted by atomic mass is 9.84. The van der Waals surface area contributed by atoms with Gasteiger partial charge in [-0.1, -0.05) is 62.7 Å². The van der Waals surface area contributed by atoms with E-state index in [9.17, 15) is 19.5 Å². The number of ketones is 1. The number of ether oxygens (including phenoxy) is 1. The molecule has 0 spiro atoms. The molecule has 0 saturated carbocycles. The van der Waals surface area contributed by atoms with Crippen LogP contribution >= 0.6 is 0 Å². The molecule has 0 radical (unpaired) electrons. The van der Waals surface area contributed by atoms with Gasteiger partial charge in [0.05, 0.1) is 23.3 Å². The molecular formula is C33H35NO5. The summed E-state index contributed by atoms with van der Waals surface area (Å²) < 4.78 is 5.27. The molecule has 0 aliphatic carbocycles. The Hall–Kier alpha value is -4.19. The molecule has 6 heteroatoms. The van der Waals surface area contributed by atoms with Crippen LogP contribution in [-0.2, 0) is 19.7 Å². The van der Waals surface area contributed by atoms with E-state index in [1.54, 1.807) is 38.1 Å². The number of Topliss-reactive ketones (excluding diaryl/α,β-unsaturated/α-hetero) is 1. The van der Waals surface area contributed by atoms with E-state index in [1.165, 1.54) is 4.90 Å². The van der Waals surface area contributed by atoms with Crippen molar-refractivity contribution in [3.05, 3.63) is 106 Å². The Labute approximate surface area is 229 Å². The highest BCUT2D eigenvalue weighted by atomic mass is 16.5. The second-order valence-corrected chi connectivity index (χ2v) is 11.4. The lowest BCUT2D eigenvalue weighted by Crippen LogP contribution is -2.29. The molecule has 3 aromatic carbocycles. The predicted octanol–water partition coefficient (Wildman–Crippen LogP) is 6.79. The first-order valence-electron chi connectivity index (χ1n) is 13.1. The molecule has 1 saturated heterocycles. The standard InChI is InChI=1S/C33H35NO5/c1-19(2)39-32(38)22-12-15-25(16-13-22)34-28(23-10-8-9-20(3)17-23)27(30(36)31(34)37)29(35)26-18-24(33(5,6)7)14-11-21(26)4/h8-19,28,35H,1-7H3/b29-27+. The summed E-state index contributed by atoms with van der Waals surface area (Å²) in [5.41, 5.74) is 4.59. The normalized spacial score (nSPS) is 17.1.